The Morgan fingerprint density at radius 3 is 2.77 bits per heavy atom. The van der Waals surface area contributed by atoms with Gasteiger partial charge < -0.3 is 9.94 Å². The first kappa shape index (κ1) is 9.95. The minimum atomic E-state index is -0.346. The van der Waals surface area contributed by atoms with Crippen molar-refractivity contribution in [3.8, 4) is 5.75 Å². The van der Waals surface area contributed by atoms with Gasteiger partial charge in [-0.15, -0.1) is 0 Å². The number of ether oxygens (including phenoxy) is 1. The molecular weight excluding hydrogens is 173 g/mol. The molecule has 0 saturated carbocycles. The lowest BCUT2D eigenvalue weighted by atomic mass is 10.1. The molecular formula is C9H12FNO2. The molecule has 0 atom stereocenters. The maximum absolute atomic E-state index is 13.4. The number of rotatable bonds is 3. The number of aryl methyl sites for hydroxylation is 1. The molecule has 0 unspecified atom stereocenters. The summed E-state index contributed by atoms with van der Waals surface area (Å²) in [5.74, 6) is 0.0885. The summed E-state index contributed by atoms with van der Waals surface area (Å²) in [7, 11) is 1.46. The molecule has 0 aromatic heterocycles. The van der Waals surface area contributed by atoms with Crippen molar-refractivity contribution in [3.63, 3.8) is 0 Å². The van der Waals surface area contributed by atoms with E-state index >= 15 is 0 Å². The fourth-order valence-corrected chi connectivity index (χ4v) is 1.16. The van der Waals surface area contributed by atoms with Crippen LogP contribution in [-0.4, -0.2) is 12.3 Å². The normalized spacial score (nSPS) is 10.2. The maximum atomic E-state index is 13.4. The summed E-state index contributed by atoms with van der Waals surface area (Å²) in [6.45, 7) is 1.70. The molecule has 0 fully saturated rings. The van der Waals surface area contributed by atoms with Gasteiger partial charge in [0.15, 0.2) is 0 Å². The summed E-state index contributed by atoms with van der Waals surface area (Å²) in [5, 5.41) is 8.48. The van der Waals surface area contributed by atoms with E-state index in [9.17, 15) is 4.39 Å². The third kappa shape index (κ3) is 1.96. The summed E-state index contributed by atoms with van der Waals surface area (Å²) in [4.78, 5) is 0. The highest BCUT2D eigenvalue weighted by Crippen LogP contribution is 2.23. The summed E-state index contributed by atoms with van der Waals surface area (Å²) in [6, 6.07) is 3.31. The third-order valence-electron chi connectivity index (χ3n) is 1.87. The van der Waals surface area contributed by atoms with Crippen LogP contribution in [0.4, 0.5) is 4.39 Å². The molecule has 1 aromatic carbocycles. The number of hydrogen-bond donors (Lipinski definition) is 2. The van der Waals surface area contributed by atoms with Crippen molar-refractivity contribution < 1.29 is 14.3 Å². The summed E-state index contributed by atoms with van der Waals surface area (Å²) < 4.78 is 18.3. The monoisotopic (exact) mass is 185 g/mol. The minimum absolute atomic E-state index is 0.0384. The van der Waals surface area contributed by atoms with E-state index in [0.29, 0.717) is 16.9 Å². The molecule has 0 radical (unpaired) electrons. The second-order valence-corrected chi connectivity index (χ2v) is 2.71. The Kier molecular flexibility index (Phi) is 3.22. The Labute approximate surface area is 76.1 Å². The highest BCUT2D eigenvalue weighted by Gasteiger charge is 2.10. The molecule has 0 spiro atoms. The molecule has 0 amide bonds. The van der Waals surface area contributed by atoms with E-state index in [4.69, 9.17) is 9.94 Å². The Morgan fingerprint density at radius 2 is 2.23 bits per heavy atom. The van der Waals surface area contributed by atoms with Crippen LogP contribution in [0.15, 0.2) is 12.1 Å². The fourth-order valence-electron chi connectivity index (χ4n) is 1.16. The van der Waals surface area contributed by atoms with Crippen molar-refractivity contribution in [1.29, 1.82) is 0 Å². The van der Waals surface area contributed by atoms with Crippen LogP contribution in [-0.2, 0) is 6.54 Å². The summed E-state index contributed by atoms with van der Waals surface area (Å²) >= 11 is 0. The number of methoxy groups -OCH3 is 1. The first-order valence-corrected chi connectivity index (χ1v) is 3.89. The van der Waals surface area contributed by atoms with Crippen LogP contribution in [0.25, 0.3) is 0 Å². The molecule has 3 nitrogen and oxygen atoms in total. The van der Waals surface area contributed by atoms with E-state index in [-0.39, 0.29) is 12.4 Å². The molecule has 0 aliphatic carbocycles. The van der Waals surface area contributed by atoms with Crippen molar-refractivity contribution in [2.75, 3.05) is 7.11 Å². The van der Waals surface area contributed by atoms with E-state index in [2.05, 4.69) is 0 Å². The Hall–Kier alpha value is -1.13. The van der Waals surface area contributed by atoms with E-state index < -0.39 is 0 Å². The van der Waals surface area contributed by atoms with Gasteiger partial charge in [-0.05, 0) is 18.6 Å². The van der Waals surface area contributed by atoms with E-state index in [1.54, 1.807) is 19.1 Å². The summed E-state index contributed by atoms with van der Waals surface area (Å²) in [5.41, 5.74) is 2.78. The lowest BCUT2D eigenvalue weighted by molar-refractivity contribution is 0.158. The van der Waals surface area contributed by atoms with Gasteiger partial charge >= 0.3 is 0 Å². The number of hydrogen-bond acceptors (Lipinski definition) is 3. The SMILES string of the molecule is COc1ccc(C)c(F)c1CNO. The van der Waals surface area contributed by atoms with Gasteiger partial charge in [-0.1, -0.05) is 6.07 Å². The van der Waals surface area contributed by atoms with Crippen LogP contribution < -0.4 is 10.2 Å². The molecule has 2 N–H and O–H groups in total. The van der Waals surface area contributed by atoms with Gasteiger partial charge in [-0.3, -0.25) is 0 Å². The molecule has 0 saturated heterocycles. The molecule has 4 heteroatoms. The quantitative estimate of drug-likeness (QED) is 0.703. The Bertz CT molecular complexity index is 302. The standard InChI is InChI=1S/C9H12FNO2/c1-6-3-4-8(13-2)7(5-11-12)9(6)10/h3-4,11-12H,5H2,1-2H3. The number of halogens is 1. The van der Waals surface area contributed by atoms with Gasteiger partial charge in [-0.2, -0.15) is 0 Å². The van der Waals surface area contributed by atoms with Crippen LogP contribution in [0, 0.1) is 12.7 Å². The summed E-state index contributed by atoms with van der Waals surface area (Å²) in [6.07, 6.45) is 0. The average Bonchev–Trinajstić information content (AvgIpc) is 2.14. The third-order valence-corrected chi connectivity index (χ3v) is 1.87. The first-order valence-electron chi connectivity index (χ1n) is 3.89. The highest BCUT2D eigenvalue weighted by molar-refractivity contribution is 5.38. The van der Waals surface area contributed by atoms with Gasteiger partial charge in [0.2, 0.25) is 0 Å². The molecule has 0 aliphatic rings. The molecule has 0 bridgehead atoms. The minimum Gasteiger partial charge on any atom is -0.496 e. The maximum Gasteiger partial charge on any atom is 0.134 e. The average molecular weight is 185 g/mol. The van der Waals surface area contributed by atoms with E-state index in [1.165, 1.54) is 7.11 Å². The van der Waals surface area contributed by atoms with Crippen LogP contribution in [0.2, 0.25) is 0 Å². The van der Waals surface area contributed by atoms with Gasteiger partial charge in [0, 0.05) is 5.56 Å². The van der Waals surface area contributed by atoms with Crippen LogP contribution in [0.5, 0.6) is 5.75 Å². The highest BCUT2D eigenvalue weighted by atomic mass is 19.1. The predicted octanol–water partition coefficient (Wildman–Crippen LogP) is 1.62. The van der Waals surface area contributed by atoms with E-state index in [0.717, 1.165) is 0 Å². The van der Waals surface area contributed by atoms with Crippen LogP contribution in [0.1, 0.15) is 11.1 Å². The van der Waals surface area contributed by atoms with Crippen molar-refractivity contribution in [3.05, 3.63) is 29.1 Å². The molecule has 72 valence electrons. The van der Waals surface area contributed by atoms with Gasteiger partial charge in [0.1, 0.15) is 11.6 Å². The van der Waals surface area contributed by atoms with Crippen molar-refractivity contribution in [2.45, 2.75) is 13.5 Å². The molecule has 1 rings (SSSR count). The zero-order valence-electron chi connectivity index (χ0n) is 7.60. The molecule has 0 heterocycles. The number of hydroxylamine groups is 1. The van der Waals surface area contributed by atoms with Crippen LogP contribution in [0.3, 0.4) is 0 Å². The number of benzene rings is 1. The second-order valence-electron chi connectivity index (χ2n) is 2.71. The first-order chi connectivity index (χ1) is 6.20. The zero-order valence-corrected chi connectivity index (χ0v) is 7.60. The lowest BCUT2D eigenvalue weighted by Gasteiger charge is -2.09. The van der Waals surface area contributed by atoms with Crippen molar-refractivity contribution in [2.24, 2.45) is 0 Å². The smallest absolute Gasteiger partial charge is 0.134 e. The lowest BCUT2D eigenvalue weighted by Crippen LogP contribution is -2.10. The van der Waals surface area contributed by atoms with Gasteiger partial charge in [-0.25, -0.2) is 9.87 Å². The topological polar surface area (TPSA) is 41.5 Å². The molecule has 0 aliphatic heterocycles. The van der Waals surface area contributed by atoms with Crippen LogP contribution >= 0.6 is 0 Å². The largest absolute Gasteiger partial charge is 0.496 e. The molecule has 13 heavy (non-hydrogen) atoms. The van der Waals surface area contributed by atoms with Crippen molar-refractivity contribution >= 4 is 0 Å². The predicted molar refractivity (Wildman–Crippen MR) is 46.3 cm³/mol. The van der Waals surface area contributed by atoms with Gasteiger partial charge in [0.05, 0.1) is 13.7 Å². The Balaban J connectivity index is 3.15. The van der Waals surface area contributed by atoms with Crippen molar-refractivity contribution in [1.82, 2.24) is 5.48 Å². The second kappa shape index (κ2) is 4.20. The number of nitrogens with one attached hydrogen (secondary N) is 1. The zero-order chi connectivity index (χ0) is 9.84. The fraction of sp³-hybridized carbons (Fsp3) is 0.333. The van der Waals surface area contributed by atoms with E-state index in [1.807, 2.05) is 5.48 Å². The molecule has 1 aromatic rings. The Morgan fingerprint density at radius 1 is 1.54 bits per heavy atom. The van der Waals surface area contributed by atoms with Gasteiger partial charge in [0.25, 0.3) is 0 Å².